The van der Waals surface area contributed by atoms with E-state index in [-0.39, 0.29) is 0 Å². The summed E-state index contributed by atoms with van der Waals surface area (Å²) in [6.45, 7) is 2.65. The van der Waals surface area contributed by atoms with Crippen molar-refractivity contribution in [2.24, 2.45) is 0 Å². The van der Waals surface area contributed by atoms with Crippen LogP contribution in [0.25, 0.3) is 10.6 Å². The maximum absolute atomic E-state index is 5.66. The van der Waals surface area contributed by atoms with Gasteiger partial charge in [0.25, 0.3) is 0 Å². The number of nitrogens with zero attached hydrogens (tertiary/aromatic N) is 4. The van der Waals surface area contributed by atoms with Crippen LogP contribution in [-0.4, -0.2) is 26.4 Å². The highest BCUT2D eigenvalue weighted by Gasteiger charge is 2.18. The molecule has 1 aliphatic heterocycles. The molecule has 0 saturated heterocycles. The van der Waals surface area contributed by atoms with Gasteiger partial charge in [-0.05, 0) is 23.6 Å². The number of aromatic nitrogens is 3. The number of nitrogens with two attached hydrogens (primary N) is 1. The number of nitrogen functional groups attached to an aromatic ring is 1. The quantitative estimate of drug-likeness (QED) is 0.803. The number of thiophene rings is 1. The van der Waals surface area contributed by atoms with E-state index < -0.39 is 0 Å². The van der Waals surface area contributed by atoms with Crippen molar-refractivity contribution in [2.45, 2.75) is 19.5 Å². The van der Waals surface area contributed by atoms with Gasteiger partial charge in [-0.1, -0.05) is 12.1 Å². The maximum Gasteiger partial charge on any atom is 0.220 e. The van der Waals surface area contributed by atoms with Crippen molar-refractivity contribution in [3.8, 4) is 10.6 Å². The summed E-state index contributed by atoms with van der Waals surface area (Å²) in [6, 6.07) is 10.4. The lowest BCUT2D eigenvalue weighted by molar-refractivity contribution is 0.240. The third kappa shape index (κ3) is 3.09. The molecule has 4 rings (SSSR count). The van der Waals surface area contributed by atoms with Gasteiger partial charge in [0.1, 0.15) is 0 Å². The second-order valence-electron chi connectivity index (χ2n) is 5.65. The van der Waals surface area contributed by atoms with E-state index in [1.54, 1.807) is 11.3 Å². The van der Waals surface area contributed by atoms with Crippen molar-refractivity contribution < 1.29 is 0 Å². The van der Waals surface area contributed by atoms with Crippen LogP contribution < -0.4 is 5.73 Å². The number of rotatable bonds is 3. The fourth-order valence-corrected chi connectivity index (χ4v) is 3.58. The normalized spacial score (nSPS) is 14.6. The minimum atomic E-state index is 0.363. The Bertz CT molecular complexity index is 816. The summed E-state index contributed by atoms with van der Waals surface area (Å²) in [5.74, 6) is 0.363. The van der Waals surface area contributed by atoms with Crippen LogP contribution in [0.3, 0.4) is 0 Å². The lowest BCUT2D eigenvalue weighted by atomic mass is 10.1. The Morgan fingerprint density at radius 1 is 1.17 bits per heavy atom. The molecule has 0 spiro atoms. The molecular weight excluding hydrogens is 306 g/mol. The average molecular weight is 323 g/mol. The number of anilines is 1. The fraction of sp³-hybridized carbons (Fsp3) is 0.235. The van der Waals surface area contributed by atoms with Crippen molar-refractivity contribution >= 4 is 17.3 Å². The highest BCUT2D eigenvalue weighted by Crippen LogP contribution is 2.24. The molecule has 23 heavy (non-hydrogen) atoms. The molecule has 6 heteroatoms. The smallest absolute Gasteiger partial charge is 0.220 e. The molecule has 0 aliphatic carbocycles. The Morgan fingerprint density at radius 2 is 2.13 bits per heavy atom. The standard InChI is InChI=1S/C17H17N5S/c18-17-19-9-12-10-22(7-6-14(12)21-17)11-13-3-1-4-15(20-13)16-5-2-8-23-16/h1-5,8-9H,6-7,10-11H2,(H2,18,19,21). The monoisotopic (exact) mass is 323 g/mol. The van der Waals surface area contributed by atoms with Gasteiger partial charge in [-0.25, -0.2) is 9.97 Å². The van der Waals surface area contributed by atoms with Gasteiger partial charge in [0.05, 0.1) is 22.0 Å². The van der Waals surface area contributed by atoms with Crippen molar-refractivity contribution in [3.63, 3.8) is 0 Å². The number of fused-ring (bicyclic) bond motifs is 1. The molecule has 0 saturated carbocycles. The highest BCUT2D eigenvalue weighted by atomic mass is 32.1. The van der Waals surface area contributed by atoms with Gasteiger partial charge in [0.15, 0.2) is 0 Å². The maximum atomic E-state index is 5.66. The highest BCUT2D eigenvalue weighted by molar-refractivity contribution is 7.13. The van der Waals surface area contributed by atoms with Crippen LogP contribution in [0.2, 0.25) is 0 Å². The zero-order valence-corrected chi connectivity index (χ0v) is 13.5. The predicted octanol–water partition coefficient (Wildman–Crippen LogP) is 2.74. The first-order valence-electron chi connectivity index (χ1n) is 7.60. The van der Waals surface area contributed by atoms with Crippen molar-refractivity contribution in [3.05, 3.63) is 58.9 Å². The Morgan fingerprint density at radius 3 is 3.00 bits per heavy atom. The van der Waals surface area contributed by atoms with E-state index in [0.717, 1.165) is 43.1 Å². The second-order valence-corrected chi connectivity index (χ2v) is 6.60. The lowest BCUT2D eigenvalue weighted by Gasteiger charge is -2.27. The lowest BCUT2D eigenvalue weighted by Crippen LogP contribution is -2.31. The van der Waals surface area contributed by atoms with Gasteiger partial charge in [0, 0.05) is 37.8 Å². The minimum absolute atomic E-state index is 0.363. The molecule has 0 atom stereocenters. The average Bonchev–Trinajstić information content (AvgIpc) is 3.10. The molecule has 3 aromatic heterocycles. The number of hydrogen-bond acceptors (Lipinski definition) is 6. The molecule has 0 bridgehead atoms. The Kier molecular flexibility index (Phi) is 3.77. The summed E-state index contributed by atoms with van der Waals surface area (Å²) in [5, 5.41) is 2.08. The van der Waals surface area contributed by atoms with Gasteiger partial charge in [0.2, 0.25) is 5.95 Å². The van der Waals surface area contributed by atoms with Gasteiger partial charge in [-0.3, -0.25) is 9.88 Å². The molecule has 0 radical (unpaired) electrons. The summed E-state index contributed by atoms with van der Waals surface area (Å²) in [6.07, 6.45) is 2.76. The van der Waals surface area contributed by atoms with Crippen molar-refractivity contribution in [1.29, 1.82) is 0 Å². The van der Waals surface area contributed by atoms with Crippen LogP contribution in [0, 0.1) is 0 Å². The molecule has 116 valence electrons. The van der Waals surface area contributed by atoms with E-state index in [0.29, 0.717) is 5.95 Å². The van der Waals surface area contributed by atoms with Gasteiger partial charge in [-0.2, -0.15) is 0 Å². The predicted molar refractivity (Wildman–Crippen MR) is 91.8 cm³/mol. The van der Waals surface area contributed by atoms with Gasteiger partial charge >= 0.3 is 0 Å². The van der Waals surface area contributed by atoms with Crippen LogP contribution in [0.1, 0.15) is 17.0 Å². The van der Waals surface area contributed by atoms with Crippen LogP contribution >= 0.6 is 11.3 Å². The zero-order valence-electron chi connectivity index (χ0n) is 12.6. The first kappa shape index (κ1) is 14.3. The van der Waals surface area contributed by atoms with Crippen molar-refractivity contribution in [2.75, 3.05) is 12.3 Å². The Hall–Kier alpha value is -2.31. The number of hydrogen-bond donors (Lipinski definition) is 1. The Balaban J connectivity index is 1.51. The van der Waals surface area contributed by atoms with E-state index in [9.17, 15) is 0 Å². The van der Waals surface area contributed by atoms with Crippen LogP contribution in [0.15, 0.2) is 41.9 Å². The third-order valence-corrected chi connectivity index (χ3v) is 4.89. The summed E-state index contributed by atoms with van der Waals surface area (Å²) in [4.78, 5) is 16.8. The molecule has 0 aromatic carbocycles. The summed E-state index contributed by atoms with van der Waals surface area (Å²) >= 11 is 1.72. The van der Waals surface area contributed by atoms with Crippen LogP contribution in [-0.2, 0) is 19.5 Å². The van der Waals surface area contributed by atoms with E-state index in [2.05, 4.69) is 50.6 Å². The molecule has 4 heterocycles. The largest absolute Gasteiger partial charge is 0.368 e. The molecule has 0 fully saturated rings. The summed E-state index contributed by atoms with van der Waals surface area (Å²) in [7, 11) is 0. The molecule has 2 N–H and O–H groups in total. The number of pyridine rings is 1. The summed E-state index contributed by atoms with van der Waals surface area (Å²) in [5.41, 5.74) is 10.0. The van der Waals surface area contributed by atoms with Gasteiger partial charge < -0.3 is 5.73 Å². The van der Waals surface area contributed by atoms with E-state index in [1.807, 2.05) is 6.20 Å². The third-order valence-electron chi connectivity index (χ3n) is 4.00. The summed E-state index contributed by atoms with van der Waals surface area (Å²) < 4.78 is 0. The van der Waals surface area contributed by atoms with Crippen molar-refractivity contribution in [1.82, 2.24) is 19.9 Å². The second kappa shape index (κ2) is 6.06. The Labute approximate surface area is 138 Å². The SMILES string of the molecule is Nc1ncc2c(n1)CCN(Cc1cccc(-c3cccs3)n1)C2. The first-order chi connectivity index (χ1) is 11.3. The topological polar surface area (TPSA) is 67.9 Å². The molecule has 5 nitrogen and oxygen atoms in total. The van der Waals surface area contributed by atoms with E-state index in [4.69, 9.17) is 10.7 Å². The minimum Gasteiger partial charge on any atom is -0.368 e. The molecule has 1 aliphatic rings. The molecule has 0 amide bonds. The zero-order chi connectivity index (χ0) is 15.6. The molecule has 3 aromatic rings. The fourth-order valence-electron chi connectivity index (χ4n) is 2.88. The molecular formula is C17H17N5S. The van der Waals surface area contributed by atoms with E-state index >= 15 is 0 Å². The van der Waals surface area contributed by atoms with Gasteiger partial charge in [-0.15, -0.1) is 11.3 Å². The van der Waals surface area contributed by atoms with Crippen LogP contribution in [0.4, 0.5) is 5.95 Å². The molecule has 0 unspecified atom stereocenters. The first-order valence-corrected chi connectivity index (χ1v) is 8.48. The van der Waals surface area contributed by atoms with E-state index in [1.165, 1.54) is 10.4 Å². The van der Waals surface area contributed by atoms with Crippen LogP contribution in [0.5, 0.6) is 0 Å².